The minimum atomic E-state index is -0.467. The lowest BCUT2D eigenvalue weighted by molar-refractivity contribution is -0.140. The number of nitriles is 1. The number of nitrogens with zero attached hydrogens (tertiary/aromatic N) is 2. The molecular formula is C16H14N2O6. The molecule has 124 valence electrons. The van der Waals surface area contributed by atoms with Gasteiger partial charge in [-0.2, -0.15) is 5.26 Å². The van der Waals surface area contributed by atoms with Crippen molar-refractivity contribution in [3.63, 3.8) is 0 Å². The number of benzene rings is 1. The summed E-state index contributed by atoms with van der Waals surface area (Å²) in [6, 6.07) is 6.85. The van der Waals surface area contributed by atoms with Gasteiger partial charge in [0.05, 0.1) is 25.0 Å². The molecule has 0 fully saturated rings. The van der Waals surface area contributed by atoms with E-state index < -0.39 is 5.97 Å². The molecule has 1 aliphatic rings. The molecule has 0 amide bonds. The maximum atomic E-state index is 11.0. The lowest BCUT2D eigenvalue weighted by Gasteiger charge is -2.03. The molecule has 1 aromatic carbocycles. The molecule has 0 bridgehead atoms. The second-order valence-corrected chi connectivity index (χ2v) is 4.28. The van der Waals surface area contributed by atoms with E-state index in [2.05, 4.69) is 22.2 Å². The zero-order valence-electron chi connectivity index (χ0n) is 12.7. The Morgan fingerprint density at radius 1 is 1.42 bits per heavy atom. The van der Waals surface area contributed by atoms with Gasteiger partial charge in [0.2, 0.25) is 6.79 Å². The number of allylic oxidation sites excluding steroid dienone is 1. The zero-order chi connectivity index (χ0) is 17.2. The minimum absolute atomic E-state index is 0.0479. The summed E-state index contributed by atoms with van der Waals surface area (Å²) in [5, 5.41) is 8.95. The first-order valence-corrected chi connectivity index (χ1v) is 6.87. The monoisotopic (exact) mass is 330 g/mol. The fourth-order valence-corrected chi connectivity index (χ4v) is 1.63. The molecule has 1 heterocycles. The number of ether oxygens (including phenoxy) is 5. The number of fused-ring (bicyclic) bond motifs is 1. The highest BCUT2D eigenvalue weighted by Gasteiger charge is 2.12. The Morgan fingerprint density at radius 2 is 2.25 bits per heavy atom. The van der Waals surface area contributed by atoms with Gasteiger partial charge in [0, 0.05) is 11.9 Å². The molecule has 0 saturated heterocycles. The lowest BCUT2D eigenvalue weighted by Crippen LogP contribution is -2.07. The van der Waals surface area contributed by atoms with E-state index in [1.165, 1.54) is 0 Å². The Morgan fingerprint density at radius 3 is 3.04 bits per heavy atom. The molecule has 0 spiro atoms. The van der Waals surface area contributed by atoms with E-state index in [9.17, 15) is 4.79 Å². The summed E-state index contributed by atoms with van der Waals surface area (Å²) in [7, 11) is 0. The molecular weight excluding hydrogens is 316 g/mol. The van der Waals surface area contributed by atoms with Crippen LogP contribution in [0.25, 0.3) is 0 Å². The molecule has 0 unspecified atom stereocenters. The lowest BCUT2D eigenvalue weighted by atomic mass is 10.3. The molecule has 0 aliphatic carbocycles. The van der Waals surface area contributed by atoms with Gasteiger partial charge in [0.25, 0.3) is 5.76 Å². The first kappa shape index (κ1) is 17.1. The van der Waals surface area contributed by atoms with Crippen LogP contribution in [-0.4, -0.2) is 32.0 Å². The molecule has 0 aromatic heterocycles. The van der Waals surface area contributed by atoms with Crippen LogP contribution in [0.3, 0.4) is 0 Å². The van der Waals surface area contributed by atoms with E-state index in [1.54, 1.807) is 24.3 Å². The number of carbonyl (C=O) groups is 1. The predicted octanol–water partition coefficient (Wildman–Crippen LogP) is 2.19. The molecule has 0 radical (unpaired) electrons. The summed E-state index contributed by atoms with van der Waals surface area (Å²) >= 11 is 0. The first-order valence-electron chi connectivity index (χ1n) is 6.87. The first-order chi connectivity index (χ1) is 11.7. The number of aliphatic imine (C=N–C) groups is 1. The van der Waals surface area contributed by atoms with Crippen LogP contribution in [0.1, 0.15) is 6.42 Å². The molecule has 1 aliphatic heterocycles. The standard InChI is InChI=1S/C16H14N2O6/c1-2-21-16(19)5-6-20-10-22-13(8-17)9-18-12-3-4-14-15(7-12)24-11-23-14/h2-4,7H,1,5-6,10-11H2. The third-order valence-electron chi connectivity index (χ3n) is 2.70. The Bertz CT molecular complexity index is 716. The topological polar surface area (TPSA) is 99.4 Å². The average Bonchev–Trinajstić information content (AvgIpc) is 3.05. The Kier molecular flexibility index (Phi) is 6.41. The van der Waals surface area contributed by atoms with E-state index in [-0.39, 0.29) is 32.4 Å². The third kappa shape index (κ3) is 5.18. The van der Waals surface area contributed by atoms with Gasteiger partial charge in [0.15, 0.2) is 18.3 Å². The average molecular weight is 330 g/mol. The van der Waals surface area contributed by atoms with Crippen LogP contribution in [0, 0.1) is 11.3 Å². The number of rotatable bonds is 8. The molecule has 8 heteroatoms. The quantitative estimate of drug-likeness (QED) is 0.180. The van der Waals surface area contributed by atoms with Crippen molar-refractivity contribution < 1.29 is 28.5 Å². The molecule has 0 atom stereocenters. The van der Waals surface area contributed by atoms with Gasteiger partial charge in [-0.3, -0.25) is 4.79 Å². The Hall–Kier alpha value is -3.27. The van der Waals surface area contributed by atoms with Crippen LogP contribution in [0.5, 0.6) is 11.5 Å². The van der Waals surface area contributed by atoms with Gasteiger partial charge in [-0.25, -0.2) is 4.99 Å². The van der Waals surface area contributed by atoms with Gasteiger partial charge < -0.3 is 23.7 Å². The molecule has 8 nitrogen and oxygen atoms in total. The van der Waals surface area contributed by atoms with Crippen molar-refractivity contribution in [1.29, 1.82) is 5.26 Å². The molecule has 2 rings (SSSR count). The fourth-order valence-electron chi connectivity index (χ4n) is 1.63. The highest BCUT2D eigenvalue weighted by atomic mass is 16.7. The molecule has 0 N–H and O–H groups in total. The van der Waals surface area contributed by atoms with E-state index in [1.807, 2.05) is 0 Å². The van der Waals surface area contributed by atoms with Crippen molar-refractivity contribution in [3.05, 3.63) is 36.8 Å². The highest BCUT2D eigenvalue weighted by molar-refractivity contribution is 5.70. The molecule has 1 aromatic rings. The second-order valence-electron chi connectivity index (χ2n) is 4.28. The normalized spacial score (nSPS) is 11.0. The van der Waals surface area contributed by atoms with Gasteiger partial charge >= 0.3 is 5.97 Å². The smallest absolute Gasteiger partial charge is 0.312 e. The van der Waals surface area contributed by atoms with Gasteiger partial charge in [-0.05, 0) is 12.1 Å². The number of hydrogen-bond donors (Lipinski definition) is 0. The van der Waals surface area contributed by atoms with Crippen LogP contribution < -0.4 is 9.47 Å². The van der Waals surface area contributed by atoms with E-state index in [0.717, 1.165) is 6.26 Å². The molecule has 24 heavy (non-hydrogen) atoms. The second kappa shape index (κ2) is 9.00. The summed E-state index contributed by atoms with van der Waals surface area (Å²) in [5.74, 6) is 3.07. The van der Waals surface area contributed by atoms with Gasteiger partial charge in [-0.1, -0.05) is 6.58 Å². The Balaban J connectivity index is 1.82. The maximum absolute atomic E-state index is 11.0. The summed E-state index contributed by atoms with van der Waals surface area (Å²) in [6.45, 7) is 3.31. The van der Waals surface area contributed by atoms with Crippen molar-refractivity contribution in [2.45, 2.75) is 6.42 Å². The van der Waals surface area contributed by atoms with Crippen LogP contribution >= 0.6 is 0 Å². The van der Waals surface area contributed by atoms with Crippen molar-refractivity contribution in [3.8, 4) is 17.6 Å². The molecule has 0 saturated carbocycles. The van der Waals surface area contributed by atoms with Crippen molar-refractivity contribution in [2.24, 2.45) is 4.99 Å². The van der Waals surface area contributed by atoms with Crippen molar-refractivity contribution in [2.75, 3.05) is 20.2 Å². The number of esters is 1. The minimum Gasteiger partial charge on any atom is -0.454 e. The number of hydrogen-bond acceptors (Lipinski definition) is 8. The van der Waals surface area contributed by atoms with Gasteiger partial charge in [-0.15, -0.1) is 0 Å². The van der Waals surface area contributed by atoms with E-state index >= 15 is 0 Å². The van der Waals surface area contributed by atoms with Crippen LogP contribution in [-0.2, 0) is 19.0 Å². The van der Waals surface area contributed by atoms with Crippen LogP contribution in [0.2, 0.25) is 0 Å². The van der Waals surface area contributed by atoms with E-state index in [0.29, 0.717) is 17.2 Å². The summed E-state index contributed by atoms with van der Waals surface area (Å²) in [5.41, 5.74) is 0.531. The predicted molar refractivity (Wildman–Crippen MR) is 81.6 cm³/mol. The maximum Gasteiger partial charge on any atom is 0.312 e. The number of carbonyl (C=O) groups excluding carboxylic acids is 1. The largest absolute Gasteiger partial charge is 0.454 e. The summed E-state index contributed by atoms with van der Waals surface area (Å²) in [6.07, 6.45) is 1.09. The SMILES string of the molecule is C=COC(=O)CCOCOC(=C=Nc1ccc2c(c1)OCO2)C#N. The van der Waals surface area contributed by atoms with E-state index in [4.69, 9.17) is 24.2 Å². The zero-order valence-corrected chi connectivity index (χ0v) is 12.7. The Labute approximate surface area is 138 Å². The van der Waals surface area contributed by atoms with Crippen molar-refractivity contribution in [1.82, 2.24) is 0 Å². The van der Waals surface area contributed by atoms with Crippen molar-refractivity contribution >= 4 is 17.5 Å². The van der Waals surface area contributed by atoms with Gasteiger partial charge in [0.1, 0.15) is 6.07 Å². The highest BCUT2D eigenvalue weighted by Crippen LogP contribution is 2.34. The van der Waals surface area contributed by atoms with Crippen LogP contribution in [0.15, 0.2) is 41.8 Å². The van der Waals surface area contributed by atoms with Crippen LogP contribution in [0.4, 0.5) is 5.69 Å². The fraction of sp³-hybridized carbons (Fsp3) is 0.250. The summed E-state index contributed by atoms with van der Waals surface area (Å²) in [4.78, 5) is 15.0. The third-order valence-corrected chi connectivity index (χ3v) is 2.70. The summed E-state index contributed by atoms with van der Waals surface area (Å²) < 4.78 is 25.0.